The first-order chi connectivity index (χ1) is 6.16. The Bertz CT molecular complexity index is 195. The lowest BCUT2D eigenvalue weighted by atomic mass is 10.3. The van der Waals surface area contributed by atoms with E-state index in [0.717, 1.165) is 0 Å². The van der Waals surface area contributed by atoms with Crippen LogP contribution in [0.5, 0.6) is 0 Å². The molecule has 0 bridgehead atoms. The average molecular weight is 183 g/mol. The fraction of sp³-hybridized carbons (Fsp3) is 0.500. The SMILES string of the molecule is CC=CC=CC(=O)NCCC(C)O. The molecule has 0 heterocycles. The van der Waals surface area contributed by atoms with Gasteiger partial charge in [-0.05, 0) is 20.3 Å². The normalized spacial score (nSPS) is 13.8. The van der Waals surface area contributed by atoms with Gasteiger partial charge in [-0.25, -0.2) is 0 Å². The first-order valence-corrected chi connectivity index (χ1v) is 4.42. The standard InChI is InChI=1S/C10H17NO2/c1-3-4-5-6-10(13)11-8-7-9(2)12/h3-6,9,12H,7-8H2,1-2H3,(H,11,13). The number of carbonyl (C=O) groups excluding carboxylic acids is 1. The van der Waals surface area contributed by atoms with Crippen LogP contribution in [0.3, 0.4) is 0 Å². The molecule has 1 atom stereocenters. The Morgan fingerprint density at radius 1 is 1.54 bits per heavy atom. The third kappa shape index (κ3) is 8.82. The lowest BCUT2D eigenvalue weighted by Crippen LogP contribution is -2.24. The van der Waals surface area contributed by atoms with E-state index in [1.54, 1.807) is 19.1 Å². The van der Waals surface area contributed by atoms with Gasteiger partial charge in [-0.1, -0.05) is 18.2 Å². The molecule has 0 radical (unpaired) electrons. The molecule has 2 N–H and O–H groups in total. The van der Waals surface area contributed by atoms with Crippen molar-refractivity contribution in [1.82, 2.24) is 5.32 Å². The van der Waals surface area contributed by atoms with Crippen LogP contribution in [-0.2, 0) is 4.79 Å². The fourth-order valence-electron chi connectivity index (χ4n) is 0.717. The number of aliphatic hydroxyl groups excluding tert-OH is 1. The Morgan fingerprint density at radius 3 is 2.77 bits per heavy atom. The molecule has 1 unspecified atom stereocenters. The third-order valence-electron chi connectivity index (χ3n) is 1.41. The molecule has 0 aromatic rings. The van der Waals surface area contributed by atoms with Crippen molar-refractivity contribution in [3.63, 3.8) is 0 Å². The van der Waals surface area contributed by atoms with Crippen molar-refractivity contribution < 1.29 is 9.90 Å². The second-order valence-electron chi connectivity index (χ2n) is 2.81. The second-order valence-corrected chi connectivity index (χ2v) is 2.81. The van der Waals surface area contributed by atoms with Crippen molar-refractivity contribution in [2.24, 2.45) is 0 Å². The number of carbonyl (C=O) groups is 1. The predicted octanol–water partition coefficient (Wildman–Crippen LogP) is 1.01. The van der Waals surface area contributed by atoms with Crippen LogP contribution >= 0.6 is 0 Å². The molecule has 0 aliphatic rings. The monoisotopic (exact) mass is 183 g/mol. The Morgan fingerprint density at radius 2 is 2.23 bits per heavy atom. The maximum absolute atomic E-state index is 11.0. The van der Waals surface area contributed by atoms with E-state index in [0.29, 0.717) is 13.0 Å². The van der Waals surface area contributed by atoms with E-state index >= 15 is 0 Å². The van der Waals surface area contributed by atoms with E-state index in [4.69, 9.17) is 5.11 Å². The van der Waals surface area contributed by atoms with Crippen molar-refractivity contribution in [1.29, 1.82) is 0 Å². The molecule has 0 saturated carbocycles. The van der Waals surface area contributed by atoms with Crippen molar-refractivity contribution in [3.05, 3.63) is 24.3 Å². The van der Waals surface area contributed by atoms with Crippen molar-refractivity contribution in [3.8, 4) is 0 Å². The summed E-state index contributed by atoms with van der Waals surface area (Å²) < 4.78 is 0. The summed E-state index contributed by atoms with van der Waals surface area (Å²) in [6.07, 6.45) is 7.00. The van der Waals surface area contributed by atoms with Crippen LogP contribution < -0.4 is 5.32 Å². The van der Waals surface area contributed by atoms with E-state index in [1.165, 1.54) is 6.08 Å². The van der Waals surface area contributed by atoms with Crippen LogP contribution in [-0.4, -0.2) is 23.7 Å². The minimum atomic E-state index is -0.361. The second kappa shape index (κ2) is 7.55. The summed E-state index contributed by atoms with van der Waals surface area (Å²) in [7, 11) is 0. The van der Waals surface area contributed by atoms with E-state index in [-0.39, 0.29) is 12.0 Å². The van der Waals surface area contributed by atoms with Crippen LogP contribution in [0.15, 0.2) is 24.3 Å². The Balaban J connectivity index is 3.51. The first kappa shape index (κ1) is 11.9. The van der Waals surface area contributed by atoms with Gasteiger partial charge < -0.3 is 10.4 Å². The zero-order valence-electron chi connectivity index (χ0n) is 8.16. The van der Waals surface area contributed by atoms with E-state index < -0.39 is 0 Å². The van der Waals surface area contributed by atoms with E-state index in [1.807, 2.05) is 13.0 Å². The average Bonchev–Trinajstić information content (AvgIpc) is 2.04. The van der Waals surface area contributed by atoms with Gasteiger partial charge in [0, 0.05) is 12.6 Å². The summed E-state index contributed by atoms with van der Waals surface area (Å²) in [6, 6.07) is 0. The Hall–Kier alpha value is -1.09. The summed E-state index contributed by atoms with van der Waals surface area (Å²) in [4.78, 5) is 11.0. The molecule has 0 fully saturated rings. The lowest BCUT2D eigenvalue weighted by molar-refractivity contribution is -0.116. The molecule has 0 aromatic carbocycles. The maximum Gasteiger partial charge on any atom is 0.243 e. The summed E-state index contributed by atoms with van der Waals surface area (Å²) in [5.41, 5.74) is 0. The van der Waals surface area contributed by atoms with Gasteiger partial charge >= 0.3 is 0 Å². The zero-order chi connectivity index (χ0) is 10.1. The molecule has 0 aliphatic heterocycles. The largest absolute Gasteiger partial charge is 0.393 e. The van der Waals surface area contributed by atoms with Crippen LogP contribution in [0.4, 0.5) is 0 Å². The Kier molecular flexibility index (Phi) is 6.92. The van der Waals surface area contributed by atoms with Gasteiger partial charge in [0.15, 0.2) is 0 Å². The third-order valence-corrected chi connectivity index (χ3v) is 1.41. The van der Waals surface area contributed by atoms with Crippen molar-refractivity contribution >= 4 is 5.91 Å². The molecule has 3 nitrogen and oxygen atoms in total. The van der Waals surface area contributed by atoms with E-state index in [2.05, 4.69) is 5.32 Å². The first-order valence-electron chi connectivity index (χ1n) is 4.42. The summed E-state index contributed by atoms with van der Waals surface area (Å²) in [5.74, 6) is -0.126. The van der Waals surface area contributed by atoms with Gasteiger partial charge in [0.2, 0.25) is 5.91 Å². The Labute approximate surface area is 79.2 Å². The summed E-state index contributed by atoms with van der Waals surface area (Å²) >= 11 is 0. The van der Waals surface area contributed by atoms with Crippen LogP contribution in [0.25, 0.3) is 0 Å². The van der Waals surface area contributed by atoms with Crippen LogP contribution in [0.2, 0.25) is 0 Å². The van der Waals surface area contributed by atoms with E-state index in [9.17, 15) is 4.79 Å². The van der Waals surface area contributed by atoms with Crippen LogP contribution in [0, 0.1) is 0 Å². The highest BCUT2D eigenvalue weighted by atomic mass is 16.3. The maximum atomic E-state index is 11.0. The zero-order valence-corrected chi connectivity index (χ0v) is 8.16. The van der Waals surface area contributed by atoms with Gasteiger partial charge in [-0.15, -0.1) is 0 Å². The minimum Gasteiger partial charge on any atom is -0.393 e. The highest BCUT2D eigenvalue weighted by molar-refractivity contribution is 5.87. The fourth-order valence-corrected chi connectivity index (χ4v) is 0.717. The molecule has 0 aromatic heterocycles. The van der Waals surface area contributed by atoms with Gasteiger partial charge in [0.05, 0.1) is 6.10 Å². The summed E-state index contributed by atoms with van der Waals surface area (Å²) in [6.45, 7) is 4.09. The number of amides is 1. The quantitative estimate of drug-likeness (QED) is 0.493. The molecule has 3 heteroatoms. The number of rotatable bonds is 5. The summed E-state index contributed by atoms with van der Waals surface area (Å²) in [5, 5.41) is 11.6. The highest BCUT2D eigenvalue weighted by Gasteiger charge is 1.96. The van der Waals surface area contributed by atoms with Crippen molar-refractivity contribution in [2.45, 2.75) is 26.4 Å². The number of hydrogen-bond acceptors (Lipinski definition) is 2. The van der Waals surface area contributed by atoms with Gasteiger partial charge in [0.25, 0.3) is 0 Å². The minimum absolute atomic E-state index is 0.126. The van der Waals surface area contributed by atoms with Gasteiger partial charge in [-0.2, -0.15) is 0 Å². The number of hydrogen-bond donors (Lipinski definition) is 2. The molecule has 1 amide bonds. The topological polar surface area (TPSA) is 49.3 Å². The molecular weight excluding hydrogens is 166 g/mol. The van der Waals surface area contributed by atoms with Gasteiger partial charge in [0.1, 0.15) is 0 Å². The van der Waals surface area contributed by atoms with Crippen LogP contribution in [0.1, 0.15) is 20.3 Å². The number of allylic oxidation sites excluding steroid dienone is 3. The van der Waals surface area contributed by atoms with Crippen molar-refractivity contribution in [2.75, 3.05) is 6.54 Å². The molecule has 0 aliphatic carbocycles. The molecule has 0 spiro atoms. The molecular formula is C10H17NO2. The smallest absolute Gasteiger partial charge is 0.243 e. The number of aliphatic hydroxyl groups is 1. The predicted molar refractivity (Wildman–Crippen MR) is 53.3 cm³/mol. The van der Waals surface area contributed by atoms with Gasteiger partial charge in [-0.3, -0.25) is 4.79 Å². The highest BCUT2D eigenvalue weighted by Crippen LogP contribution is 1.86. The molecule has 0 saturated heterocycles. The molecule has 13 heavy (non-hydrogen) atoms. The lowest BCUT2D eigenvalue weighted by Gasteiger charge is -2.03. The molecule has 74 valence electrons. The molecule has 0 rings (SSSR count). The number of nitrogens with one attached hydrogen (secondary N) is 1.